The Morgan fingerprint density at radius 3 is 2.61 bits per heavy atom. The molecule has 9 heteroatoms. The molecule has 0 spiro atoms. The predicted octanol–water partition coefficient (Wildman–Crippen LogP) is 2.71. The Kier molecular flexibility index (Phi) is 7.33. The van der Waals surface area contributed by atoms with E-state index in [1.165, 1.54) is 11.1 Å². The van der Waals surface area contributed by atoms with E-state index < -0.39 is 0 Å². The van der Waals surface area contributed by atoms with Gasteiger partial charge in [-0.25, -0.2) is 4.68 Å². The number of likely N-dealkylation sites (tertiary alicyclic amines) is 1. The van der Waals surface area contributed by atoms with Crippen LogP contribution in [0, 0.1) is 12.8 Å². The number of carbonyl (C=O) groups is 3. The van der Waals surface area contributed by atoms with Crippen LogP contribution in [0.3, 0.4) is 0 Å². The number of likely N-dealkylation sites (N-methyl/N-ethyl adjacent to an activating group) is 1. The molecule has 31 heavy (non-hydrogen) atoms. The van der Waals surface area contributed by atoms with Crippen LogP contribution in [0.25, 0.3) is 5.69 Å². The molecular weight excluding hydrogens is 420 g/mol. The average molecular weight is 447 g/mol. The van der Waals surface area contributed by atoms with Gasteiger partial charge in [-0.05, 0) is 44.9 Å². The van der Waals surface area contributed by atoms with Gasteiger partial charge in [-0.1, -0.05) is 17.7 Å². The Balaban J connectivity index is 1.60. The van der Waals surface area contributed by atoms with Gasteiger partial charge in [0.1, 0.15) is 0 Å². The number of halogens is 1. The molecule has 3 rings (SSSR count). The fourth-order valence-electron chi connectivity index (χ4n) is 3.69. The van der Waals surface area contributed by atoms with Gasteiger partial charge in [0.25, 0.3) is 5.91 Å². The molecule has 0 atom stereocenters. The van der Waals surface area contributed by atoms with E-state index >= 15 is 0 Å². The van der Waals surface area contributed by atoms with Crippen molar-refractivity contribution in [2.24, 2.45) is 5.92 Å². The molecule has 8 nitrogen and oxygen atoms in total. The Morgan fingerprint density at radius 1 is 1.26 bits per heavy atom. The van der Waals surface area contributed by atoms with Crippen LogP contribution >= 0.6 is 11.6 Å². The van der Waals surface area contributed by atoms with Gasteiger partial charge in [0.15, 0.2) is 0 Å². The molecule has 1 saturated heterocycles. The molecule has 1 aliphatic heterocycles. The Bertz CT molecular complexity index is 966. The highest BCUT2D eigenvalue weighted by Gasteiger charge is 2.29. The summed E-state index contributed by atoms with van der Waals surface area (Å²) < 4.78 is 6.71. The second-order valence-corrected chi connectivity index (χ2v) is 8.04. The number of hydrogen-bond donors (Lipinski definition) is 0. The number of esters is 1. The summed E-state index contributed by atoms with van der Waals surface area (Å²) in [5, 5.41) is 4.89. The molecule has 2 heterocycles. The highest BCUT2D eigenvalue weighted by Crippen LogP contribution is 2.20. The van der Waals surface area contributed by atoms with E-state index in [1.54, 1.807) is 42.6 Å². The molecule has 2 aromatic rings. The number of rotatable bonds is 6. The van der Waals surface area contributed by atoms with E-state index in [-0.39, 0.29) is 30.2 Å². The number of carbonyl (C=O) groups excluding carboxylic acids is 3. The Labute approximate surface area is 186 Å². The van der Waals surface area contributed by atoms with Crippen LogP contribution in [-0.4, -0.2) is 70.7 Å². The lowest BCUT2D eigenvalue weighted by atomic mass is 9.97. The van der Waals surface area contributed by atoms with Gasteiger partial charge in [-0.2, -0.15) is 5.10 Å². The third-order valence-electron chi connectivity index (χ3n) is 5.48. The molecule has 0 saturated carbocycles. The normalized spacial score (nSPS) is 14.4. The van der Waals surface area contributed by atoms with E-state index in [2.05, 4.69) is 5.10 Å². The van der Waals surface area contributed by atoms with Crippen molar-refractivity contribution < 1.29 is 19.1 Å². The van der Waals surface area contributed by atoms with Gasteiger partial charge in [-0.3, -0.25) is 14.4 Å². The Morgan fingerprint density at radius 2 is 1.97 bits per heavy atom. The van der Waals surface area contributed by atoms with Gasteiger partial charge in [0.05, 0.1) is 42.2 Å². The molecule has 0 bridgehead atoms. The standard InChI is InChI=1S/C22H27ClN4O4/c1-4-31-22(30)16-8-10-26(11-9-16)20(28)14-25(3)21(29)19-13-24-27(15(19)2)18-7-5-6-17(23)12-18/h5-7,12-13,16H,4,8-11,14H2,1-3H3. The molecule has 0 unspecified atom stereocenters. The predicted molar refractivity (Wildman–Crippen MR) is 116 cm³/mol. The lowest BCUT2D eigenvalue weighted by molar-refractivity contribution is -0.151. The minimum atomic E-state index is -0.277. The maximum atomic E-state index is 12.9. The van der Waals surface area contributed by atoms with Gasteiger partial charge < -0.3 is 14.5 Å². The molecule has 1 aromatic carbocycles. The molecule has 0 N–H and O–H groups in total. The van der Waals surface area contributed by atoms with Crippen molar-refractivity contribution in [2.45, 2.75) is 26.7 Å². The SMILES string of the molecule is CCOC(=O)C1CCN(C(=O)CN(C)C(=O)c2cnn(-c3cccc(Cl)c3)c2C)CC1. The van der Waals surface area contributed by atoms with E-state index in [0.29, 0.717) is 48.8 Å². The first-order chi connectivity index (χ1) is 14.8. The smallest absolute Gasteiger partial charge is 0.309 e. The molecule has 2 amide bonds. The van der Waals surface area contributed by atoms with Crippen molar-refractivity contribution in [3.63, 3.8) is 0 Å². The second-order valence-electron chi connectivity index (χ2n) is 7.60. The van der Waals surface area contributed by atoms with Crippen molar-refractivity contribution in [3.05, 3.63) is 46.7 Å². The van der Waals surface area contributed by atoms with Crippen LogP contribution in [0.5, 0.6) is 0 Å². The van der Waals surface area contributed by atoms with Gasteiger partial charge >= 0.3 is 5.97 Å². The minimum Gasteiger partial charge on any atom is -0.466 e. The summed E-state index contributed by atoms with van der Waals surface area (Å²) >= 11 is 6.06. The number of aromatic nitrogens is 2. The van der Waals surface area contributed by atoms with Crippen LogP contribution in [-0.2, 0) is 14.3 Å². The zero-order chi connectivity index (χ0) is 22.5. The quantitative estimate of drug-likeness (QED) is 0.637. The topological polar surface area (TPSA) is 84.7 Å². The summed E-state index contributed by atoms with van der Waals surface area (Å²) in [6.07, 6.45) is 2.66. The summed E-state index contributed by atoms with van der Waals surface area (Å²) in [5.41, 5.74) is 1.85. The highest BCUT2D eigenvalue weighted by molar-refractivity contribution is 6.30. The molecule has 1 aliphatic rings. The van der Waals surface area contributed by atoms with Crippen LogP contribution in [0.15, 0.2) is 30.5 Å². The largest absolute Gasteiger partial charge is 0.466 e. The maximum Gasteiger partial charge on any atom is 0.309 e. The number of ether oxygens (including phenoxy) is 1. The number of piperidine rings is 1. The first-order valence-electron chi connectivity index (χ1n) is 10.3. The number of hydrogen-bond acceptors (Lipinski definition) is 5. The zero-order valence-corrected chi connectivity index (χ0v) is 18.8. The molecule has 0 radical (unpaired) electrons. The van der Waals surface area contributed by atoms with E-state index in [0.717, 1.165) is 5.69 Å². The van der Waals surface area contributed by atoms with Gasteiger partial charge in [-0.15, -0.1) is 0 Å². The van der Waals surface area contributed by atoms with Crippen LogP contribution in [0.2, 0.25) is 5.02 Å². The lowest BCUT2D eigenvalue weighted by Gasteiger charge is -2.32. The number of nitrogens with zero attached hydrogens (tertiary/aromatic N) is 4. The van der Waals surface area contributed by atoms with Gasteiger partial charge in [0, 0.05) is 25.2 Å². The third-order valence-corrected chi connectivity index (χ3v) is 5.71. The summed E-state index contributed by atoms with van der Waals surface area (Å²) in [6, 6.07) is 7.21. The maximum absolute atomic E-state index is 12.9. The average Bonchev–Trinajstić information content (AvgIpc) is 3.14. The minimum absolute atomic E-state index is 0.0370. The second kappa shape index (κ2) is 9.96. The molecule has 1 aromatic heterocycles. The monoisotopic (exact) mass is 446 g/mol. The number of amides is 2. The summed E-state index contributed by atoms with van der Waals surface area (Å²) in [6.45, 7) is 4.87. The van der Waals surface area contributed by atoms with Crippen molar-refractivity contribution in [3.8, 4) is 5.69 Å². The fourth-order valence-corrected chi connectivity index (χ4v) is 3.88. The van der Waals surface area contributed by atoms with E-state index in [9.17, 15) is 14.4 Å². The van der Waals surface area contributed by atoms with E-state index in [1.807, 2.05) is 12.1 Å². The first-order valence-corrected chi connectivity index (χ1v) is 10.7. The van der Waals surface area contributed by atoms with Crippen LogP contribution < -0.4 is 0 Å². The van der Waals surface area contributed by atoms with Crippen molar-refractivity contribution >= 4 is 29.4 Å². The van der Waals surface area contributed by atoms with Gasteiger partial charge in [0.2, 0.25) is 5.91 Å². The van der Waals surface area contributed by atoms with Crippen molar-refractivity contribution in [1.29, 1.82) is 0 Å². The highest BCUT2D eigenvalue weighted by atomic mass is 35.5. The molecule has 1 fully saturated rings. The summed E-state index contributed by atoms with van der Waals surface area (Å²) in [4.78, 5) is 40.6. The molecule has 166 valence electrons. The van der Waals surface area contributed by atoms with E-state index in [4.69, 9.17) is 16.3 Å². The molecular formula is C22H27ClN4O4. The number of benzene rings is 1. The Hall–Kier alpha value is -2.87. The first kappa shape index (κ1) is 22.8. The summed E-state index contributed by atoms with van der Waals surface area (Å²) in [7, 11) is 1.60. The van der Waals surface area contributed by atoms with Crippen LogP contribution in [0.4, 0.5) is 0 Å². The van der Waals surface area contributed by atoms with Crippen molar-refractivity contribution in [1.82, 2.24) is 19.6 Å². The van der Waals surface area contributed by atoms with Crippen LogP contribution in [0.1, 0.15) is 35.8 Å². The zero-order valence-electron chi connectivity index (χ0n) is 18.0. The summed E-state index contributed by atoms with van der Waals surface area (Å²) in [5.74, 6) is -0.781. The fraction of sp³-hybridized carbons (Fsp3) is 0.455. The molecule has 0 aliphatic carbocycles. The lowest BCUT2D eigenvalue weighted by Crippen LogP contribution is -2.45. The third kappa shape index (κ3) is 5.25. The van der Waals surface area contributed by atoms with Crippen molar-refractivity contribution in [2.75, 3.05) is 33.3 Å².